The van der Waals surface area contributed by atoms with Gasteiger partial charge in [-0.1, -0.05) is 42.5 Å². The average Bonchev–Trinajstić information content (AvgIpc) is 2.48. The highest BCUT2D eigenvalue weighted by atomic mass is 16.4. The molecule has 2 rings (SSSR count). The maximum absolute atomic E-state index is 10.5. The van der Waals surface area contributed by atoms with Crippen molar-refractivity contribution in [3.05, 3.63) is 71.3 Å². The van der Waals surface area contributed by atoms with Crippen LogP contribution in [0.4, 0.5) is 0 Å². The van der Waals surface area contributed by atoms with Gasteiger partial charge in [0.15, 0.2) is 0 Å². The Morgan fingerprint density at radius 1 is 0.810 bits per heavy atom. The summed E-state index contributed by atoms with van der Waals surface area (Å²) in [5, 5.41) is 26.1. The quantitative estimate of drug-likeness (QED) is 0.807. The highest BCUT2D eigenvalue weighted by Gasteiger charge is 2.13. The van der Waals surface area contributed by atoms with Crippen LogP contribution in [0.3, 0.4) is 0 Å². The topological polar surface area (TPSA) is 94.8 Å². The summed E-state index contributed by atoms with van der Waals surface area (Å²) < 4.78 is 0. The van der Waals surface area contributed by atoms with E-state index >= 15 is 0 Å². The molecule has 2 aromatic carbocycles. The molecule has 21 heavy (non-hydrogen) atoms. The van der Waals surface area contributed by atoms with E-state index in [1.807, 2.05) is 30.3 Å². The number of carbonyl (C=O) groups is 2. The molecule has 1 unspecified atom stereocenters. The van der Waals surface area contributed by atoms with Gasteiger partial charge in [-0.15, -0.1) is 0 Å². The second-order valence-corrected chi connectivity index (χ2v) is 4.24. The summed E-state index contributed by atoms with van der Waals surface area (Å²) in [6.07, 6.45) is -0.341. The number of carboxylic acid groups (broad SMARTS) is 2. The molecule has 0 radical (unpaired) electrons. The first kappa shape index (κ1) is 16.4. The van der Waals surface area contributed by atoms with Crippen LogP contribution in [-0.2, 0) is 0 Å². The minimum atomic E-state index is -1.23. The highest BCUT2D eigenvalue weighted by Crippen LogP contribution is 2.09. The van der Waals surface area contributed by atoms with E-state index in [2.05, 4.69) is 0 Å². The molecular formula is C16H16O5. The first-order valence-electron chi connectivity index (χ1n) is 6.22. The fourth-order valence-electron chi connectivity index (χ4n) is 1.59. The standard InChI is InChI=1S/C8H6O4.C8H10O/c9-7(10)5-3-1-2-4-6(5)8(11)12;1-7(9)8-5-3-2-4-6-8/h1-4H,(H,9,10)(H,11,12);2-7,9H,1H3. The van der Waals surface area contributed by atoms with E-state index in [0.29, 0.717) is 0 Å². The summed E-state index contributed by atoms with van der Waals surface area (Å²) in [6.45, 7) is 1.76. The largest absolute Gasteiger partial charge is 0.478 e. The Morgan fingerprint density at radius 2 is 1.19 bits per heavy atom. The van der Waals surface area contributed by atoms with Gasteiger partial charge in [-0.3, -0.25) is 0 Å². The summed E-state index contributed by atoms with van der Waals surface area (Å²) in [4.78, 5) is 20.9. The Balaban J connectivity index is 0.000000219. The summed E-state index contributed by atoms with van der Waals surface area (Å²) >= 11 is 0. The van der Waals surface area contributed by atoms with Gasteiger partial charge in [-0.2, -0.15) is 0 Å². The van der Waals surface area contributed by atoms with Gasteiger partial charge in [0, 0.05) is 0 Å². The molecule has 0 aliphatic carbocycles. The Kier molecular flexibility index (Phi) is 6.10. The lowest BCUT2D eigenvalue weighted by Gasteiger charge is -2.00. The monoisotopic (exact) mass is 288 g/mol. The van der Waals surface area contributed by atoms with Gasteiger partial charge >= 0.3 is 11.9 Å². The SMILES string of the molecule is CC(O)c1ccccc1.O=C(O)c1ccccc1C(=O)O. The summed E-state index contributed by atoms with van der Waals surface area (Å²) in [5.41, 5.74) is 0.590. The molecule has 5 nitrogen and oxygen atoms in total. The molecule has 0 amide bonds. The van der Waals surface area contributed by atoms with Crippen molar-refractivity contribution in [2.24, 2.45) is 0 Å². The van der Waals surface area contributed by atoms with E-state index in [-0.39, 0.29) is 17.2 Å². The van der Waals surface area contributed by atoms with E-state index in [4.69, 9.17) is 15.3 Å². The van der Waals surface area contributed by atoms with Crippen LogP contribution in [0, 0.1) is 0 Å². The molecule has 0 aliphatic rings. The van der Waals surface area contributed by atoms with Gasteiger partial charge in [0.2, 0.25) is 0 Å². The van der Waals surface area contributed by atoms with E-state index in [0.717, 1.165) is 5.56 Å². The minimum Gasteiger partial charge on any atom is -0.478 e. The number of hydrogen-bond donors (Lipinski definition) is 3. The molecule has 0 spiro atoms. The number of rotatable bonds is 3. The molecule has 0 aromatic heterocycles. The predicted molar refractivity (Wildman–Crippen MR) is 77.4 cm³/mol. The van der Waals surface area contributed by atoms with Crippen LogP contribution >= 0.6 is 0 Å². The van der Waals surface area contributed by atoms with Gasteiger partial charge < -0.3 is 15.3 Å². The van der Waals surface area contributed by atoms with Crippen molar-refractivity contribution in [1.82, 2.24) is 0 Å². The fraction of sp³-hybridized carbons (Fsp3) is 0.125. The van der Waals surface area contributed by atoms with E-state index in [1.54, 1.807) is 6.92 Å². The molecule has 0 fully saturated rings. The van der Waals surface area contributed by atoms with Crippen molar-refractivity contribution in [2.45, 2.75) is 13.0 Å². The van der Waals surface area contributed by atoms with Crippen LogP contribution in [-0.4, -0.2) is 27.3 Å². The maximum Gasteiger partial charge on any atom is 0.336 e. The fourth-order valence-corrected chi connectivity index (χ4v) is 1.59. The normalized spacial score (nSPS) is 11.0. The van der Waals surface area contributed by atoms with Crippen LogP contribution < -0.4 is 0 Å². The Bertz CT molecular complexity index is 572. The third-order valence-corrected chi connectivity index (χ3v) is 2.67. The van der Waals surface area contributed by atoms with Gasteiger partial charge in [0.1, 0.15) is 0 Å². The lowest BCUT2D eigenvalue weighted by Crippen LogP contribution is -2.06. The molecule has 0 aliphatic heterocycles. The van der Waals surface area contributed by atoms with Crippen LogP contribution in [0.5, 0.6) is 0 Å². The second kappa shape index (κ2) is 7.81. The molecular weight excluding hydrogens is 272 g/mol. The predicted octanol–water partition coefficient (Wildman–Crippen LogP) is 2.82. The summed E-state index contributed by atoms with van der Waals surface area (Å²) in [5.74, 6) is -2.46. The molecule has 0 heterocycles. The molecule has 0 saturated heterocycles. The van der Waals surface area contributed by atoms with E-state index < -0.39 is 11.9 Å². The van der Waals surface area contributed by atoms with Crippen molar-refractivity contribution in [3.63, 3.8) is 0 Å². The van der Waals surface area contributed by atoms with Crippen LogP contribution in [0.2, 0.25) is 0 Å². The number of hydrogen-bond acceptors (Lipinski definition) is 3. The van der Waals surface area contributed by atoms with Crippen LogP contribution in [0.25, 0.3) is 0 Å². The number of aliphatic hydroxyl groups excluding tert-OH is 1. The lowest BCUT2D eigenvalue weighted by molar-refractivity contribution is 0.0651. The maximum atomic E-state index is 10.5. The Hall–Kier alpha value is -2.66. The van der Waals surface area contributed by atoms with Gasteiger partial charge in [-0.25, -0.2) is 9.59 Å². The zero-order valence-electron chi connectivity index (χ0n) is 11.4. The molecule has 3 N–H and O–H groups in total. The number of aliphatic hydroxyl groups is 1. The molecule has 5 heteroatoms. The smallest absolute Gasteiger partial charge is 0.336 e. The number of carboxylic acids is 2. The zero-order valence-corrected chi connectivity index (χ0v) is 11.4. The molecule has 110 valence electrons. The molecule has 0 bridgehead atoms. The lowest BCUT2D eigenvalue weighted by atomic mass is 10.1. The number of aromatic carboxylic acids is 2. The van der Waals surface area contributed by atoms with E-state index in [1.165, 1.54) is 24.3 Å². The highest BCUT2D eigenvalue weighted by molar-refractivity contribution is 6.01. The first-order valence-corrected chi connectivity index (χ1v) is 6.22. The Morgan fingerprint density at radius 3 is 1.48 bits per heavy atom. The number of benzene rings is 2. The Labute approximate surface area is 122 Å². The minimum absolute atomic E-state index is 0.190. The third-order valence-electron chi connectivity index (χ3n) is 2.67. The van der Waals surface area contributed by atoms with E-state index in [9.17, 15) is 9.59 Å². The zero-order chi connectivity index (χ0) is 15.8. The summed E-state index contributed by atoms with van der Waals surface area (Å²) in [7, 11) is 0. The van der Waals surface area contributed by atoms with Crippen molar-refractivity contribution >= 4 is 11.9 Å². The van der Waals surface area contributed by atoms with Crippen LogP contribution in [0.15, 0.2) is 54.6 Å². The molecule has 1 atom stereocenters. The van der Waals surface area contributed by atoms with Crippen molar-refractivity contribution < 1.29 is 24.9 Å². The summed E-state index contributed by atoms with van der Waals surface area (Å²) in [6, 6.07) is 15.1. The van der Waals surface area contributed by atoms with Crippen LogP contribution in [0.1, 0.15) is 39.3 Å². The van der Waals surface area contributed by atoms with Crippen molar-refractivity contribution in [3.8, 4) is 0 Å². The second-order valence-electron chi connectivity index (χ2n) is 4.24. The molecule has 2 aromatic rings. The van der Waals surface area contributed by atoms with Crippen molar-refractivity contribution in [1.29, 1.82) is 0 Å². The van der Waals surface area contributed by atoms with Gasteiger partial charge in [0.05, 0.1) is 17.2 Å². The average molecular weight is 288 g/mol. The third kappa shape index (κ3) is 5.08. The molecule has 0 saturated carbocycles. The van der Waals surface area contributed by atoms with Gasteiger partial charge in [0.25, 0.3) is 0 Å². The first-order chi connectivity index (χ1) is 9.93. The van der Waals surface area contributed by atoms with Crippen molar-refractivity contribution in [2.75, 3.05) is 0 Å². The van der Waals surface area contributed by atoms with Gasteiger partial charge in [-0.05, 0) is 24.6 Å².